The van der Waals surface area contributed by atoms with E-state index < -0.39 is 0 Å². The average molecular weight is 228 g/mol. The molecule has 0 unspecified atom stereocenters. The number of hydrogen-bond donors (Lipinski definition) is 1. The topological polar surface area (TPSA) is 71.8 Å². The fraction of sp³-hybridized carbons (Fsp3) is 0.333. The van der Waals surface area contributed by atoms with Crippen molar-refractivity contribution in [1.29, 1.82) is 0 Å². The van der Waals surface area contributed by atoms with Gasteiger partial charge in [0.05, 0.1) is 18.5 Å². The summed E-state index contributed by atoms with van der Waals surface area (Å²) in [6.07, 6.45) is 8.85. The van der Waals surface area contributed by atoms with E-state index in [0.29, 0.717) is 17.4 Å². The lowest BCUT2D eigenvalue weighted by Crippen LogP contribution is -2.01. The van der Waals surface area contributed by atoms with Gasteiger partial charge < -0.3 is 5.11 Å². The minimum atomic E-state index is -0.00736. The van der Waals surface area contributed by atoms with Gasteiger partial charge in [-0.05, 0) is 12.8 Å². The van der Waals surface area contributed by atoms with Crippen molar-refractivity contribution in [2.24, 2.45) is 0 Å². The number of nitrogens with zero attached hydrogens (tertiary/aromatic N) is 4. The minimum Gasteiger partial charge on any atom is -0.392 e. The molecule has 0 saturated heterocycles. The van der Waals surface area contributed by atoms with Crippen LogP contribution in [0.4, 0.5) is 0 Å². The Morgan fingerprint density at radius 1 is 1.18 bits per heavy atom. The third-order valence-corrected chi connectivity index (χ3v) is 2.82. The Morgan fingerprint density at radius 2 is 2.06 bits per heavy atom. The molecule has 1 saturated carbocycles. The molecule has 3 rings (SSSR count). The van der Waals surface area contributed by atoms with Crippen LogP contribution in [0.3, 0.4) is 0 Å². The van der Waals surface area contributed by atoms with Crippen LogP contribution >= 0.6 is 0 Å². The van der Waals surface area contributed by atoms with Crippen molar-refractivity contribution in [3.63, 3.8) is 0 Å². The Balaban J connectivity index is 2.04. The summed E-state index contributed by atoms with van der Waals surface area (Å²) < 4.78 is 0. The molecule has 2 heterocycles. The molecule has 0 atom stereocenters. The van der Waals surface area contributed by atoms with Crippen LogP contribution in [0.5, 0.6) is 0 Å². The molecule has 0 spiro atoms. The smallest absolute Gasteiger partial charge is 0.179 e. The van der Waals surface area contributed by atoms with Gasteiger partial charge in [0.15, 0.2) is 5.82 Å². The monoisotopic (exact) mass is 228 g/mol. The molecule has 5 heteroatoms. The van der Waals surface area contributed by atoms with E-state index in [1.54, 1.807) is 24.8 Å². The standard InChI is InChI=1S/C12H12N4O/c17-7-9-5-15-12(10-6-13-3-4-14-10)16-11(9)8-1-2-8/h3-6,8,17H,1-2,7H2. The van der Waals surface area contributed by atoms with Crippen molar-refractivity contribution in [3.05, 3.63) is 36.0 Å². The van der Waals surface area contributed by atoms with Gasteiger partial charge in [-0.2, -0.15) is 0 Å². The van der Waals surface area contributed by atoms with Crippen LogP contribution in [0.25, 0.3) is 11.5 Å². The third-order valence-electron chi connectivity index (χ3n) is 2.82. The number of aliphatic hydroxyl groups excluding tert-OH is 1. The Morgan fingerprint density at radius 3 is 2.71 bits per heavy atom. The molecule has 17 heavy (non-hydrogen) atoms. The quantitative estimate of drug-likeness (QED) is 0.857. The van der Waals surface area contributed by atoms with Gasteiger partial charge >= 0.3 is 0 Å². The van der Waals surface area contributed by atoms with Crippen molar-refractivity contribution in [1.82, 2.24) is 19.9 Å². The first-order valence-corrected chi connectivity index (χ1v) is 5.61. The molecule has 0 radical (unpaired) electrons. The Kier molecular flexibility index (Phi) is 2.53. The van der Waals surface area contributed by atoms with E-state index in [-0.39, 0.29) is 6.61 Å². The Bertz CT molecular complexity index is 525. The summed E-state index contributed by atoms with van der Waals surface area (Å²) >= 11 is 0. The van der Waals surface area contributed by atoms with Crippen LogP contribution in [0.2, 0.25) is 0 Å². The van der Waals surface area contributed by atoms with Gasteiger partial charge in [0, 0.05) is 30.1 Å². The van der Waals surface area contributed by atoms with Gasteiger partial charge in [0.25, 0.3) is 0 Å². The number of hydrogen-bond acceptors (Lipinski definition) is 5. The zero-order chi connectivity index (χ0) is 11.7. The highest BCUT2D eigenvalue weighted by Crippen LogP contribution is 2.40. The maximum Gasteiger partial charge on any atom is 0.179 e. The molecule has 5 nitrogen and oxygen atoms in total. The largest absolute Gasteiger partial charge is 0.392 e. The molecular formula is C12H12N4O. The van der Waals surface area contributed by atoms with Crippen molar-refractivity contribution in [2.75, 3.05) is 0 Å². The van der Waals surface area contributed by atoms with Gasteiger partial charge in [-0.3, -0.25) is 4.98 Å². The van der Waals surface area contributed by atoms with E-state index in [2.05, 4.69) is 19.9 Å². The maximum atomic E-state index is 9.25. The van der Waals surface area contributed by atoms with Crippen LogP contribution < -0.4 is 0 Å². The van der Waals surface area contributed by atoms with Crippen LogP contribution in [-0.2, 0) is 6.61 Å². The highest BCUT2D eigenvalue weighted by atomic mass is 16.3. The van der Waals surface area contributed by atoms with Crippen LogP contribution in [0.15, 0.2) is 24.8 Å². The molecule has 0 aliphatic heterocycles. The fourth-order valence-electron chi connectivity index (χ4n) is 1.79. The van der Waals surface area contributed by atoms with Gasteiger partial charge in [0.2, 0.25) is 0 Å². The molecule has 0 bridgehead atoms. The molecule has 1 aliphatic rings. The molecule has 86 valence electrons. The molecule has 0 aromatic carbocycles. The van der Waals surface area contributed by atoms with Crippen molar-refractivity contribution in [2.45, 2.75) is 25.4 Å². The molecule has 0 amide bonds. The fourth-order valence-corrected chi connectivity index (χ4v) is 1.79. The number of rotatable bonds is 3. The highest BCUT2D eigenvalue weighted by Gasteiger charge is 2.28. The second-order valence-electron chi connectivity index (χ2n) is 4.13. The van der Waals surface area contributed by atoms with E-state index in [9.17, 15) is 5.11 Å². The SMILES string of the molecule is OCc1cnc(-c2cnccn2)nc1C1CC1. The van der Waals surface area contributed by atoms with Crippen LogP contribution in [0, 0.1) is 0 Å². The Hall–Kier alpha value is -1.88. The highest BCUT2D eigenvalue weighted by molar-refractivity contribution is 5.48. The zero-order valence-electron chi connectivity index (χ0n) is 9.24. The molecule has 1 N–H and O–H groups in total. The lowest BCUT2D eigenvalue weighted by Gasteiger charge is -2.06. The normalized spacial score (nSPS) is 14.9. The summed E-state index contributed by atoms with van der Waals surface area (Å²) in [7, 11) is 0. The molecule has 2 aromatic rings. The van der Waals surface area contributed by atoms with E-state index in [0.717, 1.165) is 24.1 Å². The number of aliphatic hydroxyl groups is 1. The van der Waals surface area contributed by atoms with E-state index in [1.807, 2.05) is 0 Å². The van der Waals surface area contributed by atoms with Gasteiger partial charge in [-0.1, -0.05) is 0 Å². The van der Waals surface area contributed by atoms with Crippen LogP contribution in [0.1, 0.15) is 30.0 Å². The van der Waals surface area contributed by atoms with Gasteiger partial charge in [-0.15, -0.1) is 0 Å². The summed E-state index contributed by atoms with van der Waals surface area (Å²) in [6, 6.07) is 0. The molecule has 1 fully saturated rings. The predicted octanol–water partition coefficient (Wildman–Crippen LogP) is 1.30. The summed E-state index contributed by atoms with van der Waals surface area (Å²) in [5, 5.41) is 9.25. The van der Waals surface area contributed by atoms with Crippen molar-refractivity contribution in [3.8, 4) is 11.5 Å². The molecule has 2 aromatic heterocycles. The first-order chi connectivity index (χ1) is 8.38. The van der Waals surface area contributed by atoms with Crippen molar-refractivity contribution >= 4 is 0 Å². The molecule has 1 aliphatic carbocycles. The van der Waals surface area contributed by atoms with E-state index in [4.69, 9.17) is 0 Å². The first kappa shape index (κ1) is 10.3. The summed E-state index contributed by atoms with van der Waals surface area (Å²) in [4.78, 5) is 16.9. The first-order valence-electron chi connectivity index (χ1n) is 5.61. The second-order valence-corrected chi connectivity index (χ2v) is 4.13. The van der Waals surface area contributed by atoms with Crippen LogP contribution in [-0.4, -0.2) is 25.0 Å². The maximum absolute atomic E-state index is 9.25. The average Bonchev–Trinajstić information content (AvgIpc) is 3.23. The summed E-state index contributed by atoms with van der Waals surface area (Å²) in [5.74, 6) is 1.06. The Labute approximate surface area is 98.6 Å². The lowest BCUT2D eigenvalue weighted by molar-refractivity contribution is 0.279. The van der Waals surface area contributed by atoms with Crippen molar-refractivity contribution < 1.29 is 5.11 Å². The second kappa shape index (κ2) is 4.18. The predicted molar refractivity (Wildman–Crippen MR) is 61.0 cm³/mol. The van der Waals surface area contributed by atoms with Gasteiger partial charge in [-0.25, -0.2) is 15.0 Å². The van der Waals surface area contributed by atoms with Gasteiger partial charge in [0.1, 0.15) is 5.69 Å². The summed E-state index contributed by atoms with van der Waals surface area (Å²) in [5.41, 5.74) is 2.45. The zero-order valence-corrected chi connectivity index (χ0v) is 9.24. The third kappa shape index (κ3) is 2.01. The molecular weight excluding hydrogens is 216 g/mol. The minimum absolute atomic E-state index is 0.00736. The van der Waals surface area contributed by atoms with E-state index in [1.165, 1.54) is 0 Å². The van der Waals surface area contributed by atoms with E-state index >= 15 is 0 Å². The summed E-state index contributed by atoms with van der Waals surface area (Å²) in [6.45, 7) is -0.00736. The number of aromatic nitrogens is 4. The lowest BCUT2D eigenvalue weighted by atomic mass is 10.1.